The lowest BCUT2D eigenvalue weighted by Crippen LogP contribution is -2.54. The van der Waals surface area contributed by atoms with Gasteiger partial charge in [-0.2, -0.15) is 0 Å². The van der Waals surface area contributed by atoms with Gasteiger partial charge >= 0.3 is 6.03 Å². The Kier molecular flexibility index (Phi) is 6.94. The molecule has 0 radical (unpaired) electrons. The molecule has 0 aliphatic carbocycles. The zero-order chi connectivity index (χ0) is 27.0. The molecule has 1 saturated heterocycles. The summed E-state index contributed by atoms with van der Waals surface area (Å²) in [5, 5.41) is 6.37. The van der Waals surface area contributed by atoms with Crippen LogP contribution >= 0.6 is 34.8 Å². The second-order valence-electron chi connectivity index (χ2n) is 8.32. The first kappa shape index (κ1) is 25.5. The lowest BCUT2D eigenvalue weighted by Gasteiger charge is -2.27. The Balaban J connectivity index is 1.49. The number of carbonyl (C=O) groups is 4. The normalized spacial score (nSPS) is 14.8. The predicted molar refractivity (Wildman–Crippen MR) is 147 cm³/mol. The summed E-state index contributed by atoms with van der Waals surface area (Å²) in [4.78, 5) is 52.1. The highest BCUT2D eigenvalue weighted by Gasteiger charge is 2.38. The number of imide groups is 2. The fraction of sp³-hybridized carbons (Fsp3) is 0.0370. The molecule has 5 rings (SSSR count). The number of barbiturate groups is 1. The van der Waals surface area contributed by atoms with Gasteiger partial charge in [0, 0.05) is 33.4 Å². The Bertz CT molecular complexity index is 1660. The van der Waals surface area contributed by atoms with Crippen molar-refractivity contribution in [3.05, 3.63) is 99.1 Å². The smallest absolute Gasteiger partial charge is 0.336 e. The van der Waals surface area contributed by atoms with Crippen LogP contribution in [-0.2, 0) is 20.9 Å². The highest BCUT2D eigenvalue weighted by Crippen LogP contribution is 2.34. The Morgan fingerprint density at radius 1 is 0.921 bits per heavy atom. The molecule has 4 aromatic rings. The van der Waals surface area contributed by atoms with Gasteiger partial charge in [0.25, 0.3) is 11.8 Å². The number of aromatic nitrogens is 1. The Labute approximate surface area is 231 Å². The van der Waals surface area contributed by atoms with Crippen molar-refractivity contribution in [2.75, 3.05) is 10.2 Å². The first-order valence-corrected chi connectivity index (χ1v) is 12.3. The number of hydrogen-bond acceptors (Lipinski definition) is 4. The molecule has 0 unspecified atom stereocenters. The summed E-state index contributed by atoms with van der Waals surface area (Å²) in [5.41, 5.74) is 1.56. The first-order chi connectivity index (χ1) is 18.2. The molecule has 1 fully saturated rings. The van der Waals surface area contributed by atoms with Gasteiger partial charge < -0.3 is 9.88 Å². The van der Waals surface area contributed by atoms with Gasteiger partial charge in [-0.05, 0) is 48.5 Å². The van der Waals surface area contributed by atoms with Gasteiger partial charge in [0.05, 0.1) is 15.7 Å². The van der Waals surface area contributed by atoms with Crippen LogP contribution in [0.5, 0.6) is 0 Å². The summed E-state index contributed by atoms with van der Waals surface area (Å²) in [5.74, 6) is -2.00. The molecule has 0 bridgehead atoms. The van der Waals surface area contributed by atoms with E-state index in [9.17, 15) is 19.2 Å². The van der Waals surface area contributed by atoms with Gasteiger partial charge in [0.2, 0.25) is 5.91 Å². The number of hydrogen-bond donors (Lipinski definition) is 2. The molecule has 2 N–H and O–H groups in total. The number of nitrogens with one attached hydrogen (secondary N) is 2. The van der Waals surface area contributed by atoms with Crippen LogP contribution in [0.3, 0.4) is 0 Å². The number of urea groups is 1. The highest BCUT2D eigenvalue weighted by molar-refractivity contribution is 6.46. The van der Waals surface area contributed by atoms with Gasteiger partial charge in [0.15, 0.2) is 0 Å². The number of halogens is 3. The molecule has 3 aromatic carbocycles. The zero-order valence-electron chi connectivity index (χ0n) is 19.4. The number of fused-ring (bicyclic) bond motifs is 1. The fourth-order valence-electron chi connectivity index (χ4n) is 4.11. The number of amides is 5. The molecule has 38 heavy (non-hydrogen) atoms. The largest absolute Gasteiger partial charge is 0.337 e. The monoisotopic (exact) mass is 566 g/mol. The number of para-hydroxylation sites is 1. The quantitative estimate of drug-likeness (QED) is 0.231. The maximum absolute atomic E-state index is 13.4. The fourth-order valence-corrected chi connectivity index (χ4v) is 4.61. The lowest BCUT2D eigenvalue weighted by molar-refractivity contribution is -0.122. The van der Waals surface area contributed by atoms with E-state index in [4.69, 9.17) is 34.8 Å². The van der Waals surface area contributed by atoms with Crippen molar-refractivity contribution < 1.29 is 19.2 Å². The highest BCUT2D eigenvalue weighted by atomic mass is 35.5. The van der Waals surface area contributed by atoms with E-state index >= 15 is 0 Å². The molecule has 0 atom stereocenters. The standard InChI is InChI=1S/C27H17Cl3N4O4/c28-16-8-10-17(11-9-16)31-23(35)14-33-13-15(18-4-1-2-6-21(18)33)12-19-25(36)32-27(38)34(26(19)37)22-7-3-5-20(29)24(22)30/h1-13H,14H2,(H,31,35)(H,32,36,38)/b19-12+. The van der Waals surface area contributed by atoms with Crippen LogP contribution < -0.4 is 15.5 Å². The van der Waals surface area contributed by atoms with Crippen molar-refractivity contribution in [1.82, 2.24) is 9.88 Å². The van der Waals surface area contributed by atoms with Crippen molar-refractivity contribution in [3.8, 4) is 0 Å². The summed E-state index contributed by atoms with van der Waals surface area (Å²) in [6, 6.07) is 17.5. The van der Waals surface area contributed by atoms with E-state index in [1.165, 1.54) is 24.3 Å². The Morgan fingerprint density at radius 3 is 2.42 bits per heavy atom. The predicted octanol–water partition coefficient (Wildman–Crippen LogP) is 5.91. The molecule has 11 heteroatoms. The van der Waals surface area contributed by atoms with E-state index in [2.05, 4.69) is 10.6 Å². The lowest BCUT2D eigenvalue weighted by atomic mass is 10.1. The molecule has 1 aromatic heterocycles. The van der Waals surface area contributed by atoms with Gasteiger partial charge in [0.1, 0.15) is 12.1 Å². The molecule has 1 aliphatic heterocycles. The number of benzene rings is 3. The van der Waals surface area contributed by atoms with Crippen LogP contribution in [0.2, 0.25) is 15.1 Å². The maximum Gasteiger partial charge on any atom is 0.336 e. The van der Waals surface area contributed by atoms with Gasteiger partial charge in [-0.15, -0.1) is 0 Å². The average molecular weight is 568 g/mol. The van der Waals surface area contributed by atoms with E-state index in [1.54, 1.807) is 47.2 Å². The summed E-state index contributed by atoms with van der Waals surface area (Å²) in [7, 11) is 0. The Morgan fingerprint density at radius 2 is 1.66 bits per heavy atom. The number of carbonyl (C=O) groups excluding carboxylic acids is 4. The number of rotatable bonds is 5. The molecule has 5 amide bonds. The third kappa shape index (κ3) is 4.89. The minimum atomic E-state index is -0.942. The maximum atomic E-state index is 13.4. The molecule has 8 nitrogen and oxygen atoms in total. The minimum Gasteiger partial charge on any atom is -0.337 e. The molecular formula is C27H17Cl3N4O4. The molecule has 1 aliphatic rings. The molecule has 2 heterocycles. The van der Waals surface area contributed by atoms with Crippen molar-refractivity contribution in [3.63, 3.8) is 0 Å². The zero-order valence-corrected chi connectivity index (χ0v) is 21.6. The van der Waals surface area contributed by atoms with Crippen LogP contribution in [0, 0.1) is 0 Å². The second-order valence-corrected chi connectivity index (χ2v) is 9.54. The molecular weight excluding hydrogens is 551 g/mol. The number of nitrogens with zero attached hydrogens (tertiary/aromatic N) is 2. The SMILES string of the molecule is O=C(Cn1cc(/C=C2\C(=O)NC(=O)N(c3cccc(Cl)c3Cl)C2=O)c2ccccc21)Nc1ccc(Cl)cc1. The van der Waals surface area contributed by atoms with Crippen LogP contribution in [0.4, 0.5) is 16.2 Å². The van der Waals surface area contributed by atoms with Crippen molar-refractivity contribution >= 4 is 86.9 Å². The number of anilines is 2. The summed E-state index contributed by atoms with van der Waals surface area (Å²) in [6.45, 7) is -0.0326. The van der Waals surface area contributed by atoms with E-state index in [1.807, 2.05) is 12.1 Å². The van der Waals surface area contributed by atoms with Crippen LogP contribution in [0.15, 0.2) is 78.5 Å². The summed E-state index contributed by atoms with van der Waals surface area (Å²) in [6.07, 6.45) is 3.04. The summed E-state index contributed by atoms with van der Waals surface area (Å²) >= 11 is 18.2. The molecule has 190 valence electrons. The molecule has 0 spiro atoms. The van der Waals surface area contributed by atoms with E-state index in [-0.39, 0.29) is 33.8 Å². The van der Waals surface area contributed by atoms with Gasteiger partial charge in [-0.3, -0.25) is 19.7 Å². The van der Waals surface area contributed by atoms with Crippen molar-refractivity contribution in [2.45, 2.75) is 6.54 Å². The third-order valence-electron chi connectivity index (χ3n) is 5.83. The van der Waals surface area contributed by atoms with E-state index in [0.29, 0.717) is 27.2 Å². The van der Waals surface area contributed by atoms with Gasteiger partial charge in [-0.25, -0.2) is 9.69 Å². The second kappa shape index (κ2) is 10.3. The van der Waals surface area contributed by atoms with Crippen LogP contribution in [-0.4, -0.2) is 28.3 Å². The minimum absolute atomic E-state index is 0.00494. The van der Waals surface area contributed by atoms with Crippen molar-refractivity contribution in [2.24, 2.45) is 0 Å². The molecule has 0 saturated carbocycles. The topological polar surface area (TPSA) is 101 Å². The van der Waals surface area contributed by atoms with Crippen LogP contribution in [0.25, 0.3) is 17.0 Å². The van der Waals surface area contributed by atoms with Crippen molar-refractivity contribution in [1.29, 1.82) is 0 Å². The third-order valence-corrected chi connectivity index (χ3v) is 6.90. The first-order valence-electron chi connectivity index (χ1n) is 11.2. The Hall–Kier alpha value is -4.11. The van der Waals surface area contributed by atoms with Gasteiger partial charge in [-0.1, -0.05) is 59.1 Å². The summed E-state index contributed by atoms with van der Waals surface area (Å²) < 4.78 is 1.70. The van der Waals surface area contributed by atoms with E-state index < -0.39 is 17.8 Å². The van der Waals surface area contributed by atoms with E-state index in [0.717, 1.165) is 4.90 Å². The average Bonchev–Trinajstić information content (AvgIpc) is 3.22. The van der Waals surface area contributed by atoms with Crippen LogP contribution in [0.1, 0.15) is 5.56 Å².